The molecule has 0 aliphatic carbocycles. The average Bonchev–Trinajstić information content (AvgIpc) is 3.71. The third kappa shape index (κ3) is 39.1. The van der Waals surface area contributed by atoms with Gasteiger partial charge in [0.05, 0.1) is 19.8 Å². The van der Waals surface area contributed by atoms with Gasteiger partial charge in [0.25, 0.3) is 0 Å². The summed E-state index contributed by atoms with van der Waals surface area (Å²) in [7, 11) is -4.52. The van der Waals surface area contributed by atoms with Gasteiger partial charge >= 0.3 is 19.8 Å². The summed E-state index contributed by atoms with van der Waals surface area (Å²) < 4.78 is 46.2. The first-order valence-corrected chi connectivity index (χ1v) is 27.5. The van der Waals surface area contributed by atoms with E-state index in [-0.39, 0.29) is 44.9 Å². The third-order valence-electron chi connectivity index (χ3n) is 11.9. The van der Waals surface area contributed by atoms with Crippen LogP contribution >= 0.6 is 7.82 Å². The lowest BCUT2D eigenvalue weighted by Gasteiger charge is -2.20. The molecule has 1 fully saturated rings. The fraction of sp³-hybridized carbons (Fsp3) is 0.960. The first kappa shape index (κ1) is 58.0. The second-order valence-corrected chi connectivity index (χ2v) is 19.4. The van der Waals surface area contributed by atoms with Gasteiger partial charge in [-0.2, -0.15) is 0 Å². The van der Waals surface area contributed by atoms with Crippen LogP contribution in [-0.4, -0.2) is 61.8 Å². The van der Waals surface area contributed by atoms with Gasteiger partial charge in [-0.1, -0.05) is 226 Å². The Bertz CT molecular complexity index is 1030. The predicted molar refractivity (Wildman–Crippen MR) is 250 cm³/mol. The molecular weight excluding hydrogens is 792 g/mol. The molecule has 1 aliphatic rings. The number of ether oxygens (including phenoxy) is 4. The van der Waals surface area contributed by atoms with E-state index >= 15 is 0 Å². The molecule has 0 spiro atoms. The number of carbonyl (C=O) groups is 2. The molecule has 1 aliphatic heterocycles. The number of esters is 2. The fourth-order valence-corrected chi connectivity index (χ4v) is 8.74. The number of hydrogen-bond acceptors (Lipinski definition) is 9. The molecule has 61 heavy (non-hydrogen) atoms. The normalized spacial score (nSPS) is 16.8. The highest BCUT2D eigenvalue weighted by Gasteiger charge is 2.31. The minimum absolute atomic E-state index is 0.167. The van der Waals surface area contributed by atoms with Crippen LogP contribution in [0.3, 0.4) is 0 Å². The summed E-state index contributed by atoms with van der Waals surface area (Å²) in [5.41, 5.74) is 0. The third-order valence-corrected chi connectivity index (χ3v) is 12.9. The van der Waals surface area contributed by atoms with Crippen molar-refractivity contribution in [2.24, 2.45) is 0 Å². The van der Waals surface area contributed by atoms with Gasteiger partial charge in [0, 0.05) is 12.8 Å². The van der Waals surface area contributed by atoms with Crippen LogP contribution in [0.15, 0.2) is 0 Å². The molecule has 0 aromatic rings. The molecule has 1 saturated heterocycles. The number of rotatable bonds is 47. The maximum absolute atomic E-state index is 12.9. The maximum Gasteiger partial charge on any atom is 0.472 e. The molecule has 1 heterocycles. The summed E-state index contributed by atoms with van der Waals surface area (Å²) >= 11 is 0. The Labute approximate surface area is 375 Å². The van der Waals surface area contributed by atoms with Crippen LogP contribution in [0.2, 0.25) is 0 Å². The van der Waals surface area contributed by atoms with Crippen LogP contribution in [0.4, 0.5) is 0 Å². The van der Waals surface area contributed by atoms with Crippen molar-refractivity contribution in [3.8, 4) is 0 Å². The summed E-state index contributed by atoms with van der Waals surface area (Å²) in [6.45, 7) is 6.16. The standard InChI is InChI=1S/C50H97O10P/c1-4-7-10-13-16-19-22-23-26-29-32-35-38-41-50-56-43-47(60-50)45-58-61(53,54)57-44-46(59-49(52)40-37-34-31-28-25-21-18-15-12-9-6-3)42-55-48(51)39-36-33-30-27-24-20-17-14-11-8-5-2/h46-47,50H,4-45H2,1-3H3,(H,53,54)/t46-,47?,50?/m1/s1. The Morgan fingerprint density at radius 3 is 1.33 bits per heavy atom. The first-order valence-electron chi connectivity index (χ1n) is 26.0. The van der Waals surface area contributed by atoms with E-state index < -0.39 is 32.6 Å². The van der Waals surface area contributed by atoms with Crippen molar-refractivity contribution >= 4 is 19.8 Å². The number of unbranched alkanes of at least 4 members (excludes halogenated alkanes) is 32. The van der Waals surface area contributed by atoms with Crippen LogP contribution in [-0.2, 0) is 42.1 Å². The van der Waals surface area contributed by atoms with Gasteiger partial charge < -0.3 is 23.8 Å². The minimum Gasteiger partial charge on any atom is -0.462 e. The van der Waals surface area contributed by atoms with Crippen molar-refractivity contribution in [1.82, 2.24) is 0 Å². The summed E-state index contributed by atoms with van der Waals surface area (Å²) in [6, 6.07) is 0. The zero-order valence-corrected chi connectivity index (χ0v) is 40.9. The highest BCUT2D eigenvalue weighted by Crippen LogP contribution is 2.44. The number of phosphoric acid groups is 1. The zero-order chi connectivity index (χ0) is 44.3. The van der Waals surface area contributed by atoms with E-state index in [1.54, 1.807) is 0 Å². The largest absolute Gasteiger partial charge is 0.472 e. The molecule has 0 amide bonds. The molecule has 11 heteroatoms. The van der Waals surface area contributed by atoms with E-state index in [0.29, 0.717) is 6.42 Å². The smallest absolute Gasteiger partial charge is 0.462 e. The highest BCUT2D eigenvalue weighted by molar-refractivity contribution is 7.47. The molecular formula is C50H97O10P. The van der Waals surface area contributed by atoms with Crippen molar-refractivity contribution in [3.05, 3.63) is 0 Å². The predicted octanol–water partition coefficient (Wildman–Crippen LogP) is 15.2. The molecule has 362 valence electrons. The zero-order valence-electron chi connectivity index (χ0n) is 40.0. The monoisotopic (exact) mass is 889 g/mol. The van der Waals surface area contributed by atoms with E-state index in [2.05, 4.69) is 20.8 Å². The first-order chi connectivity index (χ1) is 29.8. The minimum atomic E-state index is -4.52. The molecule has 0 bridgehead atoms. The second kappa shape index (κ2) is 42.9. The average molecular weight is 889 g/mol. The van der Waals surface area contributed by atoms with Gasteiger partial charge in [-0.3, -0.25) is 18.6 Å². The number of hydrogen-bond donors (Lipinski definition) is 1. The van der Waals surface area contributed by atoms with Gasteiger partial charge in [-0.15, -0.1) is 0 Å². The molecule has 0 aromatic carbocycles. The van der Waals surface area contributed by atoms with Crippen LogP contribution < -0.4 is 0 Å². The van der Waals surface area contributed by atoms with Gasteiger partial charge in [0.2, 0.25) is 0 Å². The molecule has 1 N–H and O–H groups in total. The molecule has 4 atom stereocenters. The van der Waals surface area contributed by atoms with Crippen LogP contribution in [0, 0.1) is 0 Å². The van der Waals surface area contributed by atoms with Gasteiger partial charge in [0.15, 0.2) is 12.4 Å². The van der Waals surface area contributed by atoms with Crippen LogP contribution in [0.25, 0.3) is 0 Å². The second-order valence-electron chi connectivity index (χ2n) is 18.0. The molecule has 0 saturated carbocycles. The topological polar surface area (TPSA) is 127 Å². The van der Waals surface area contributed by atoms with E-state index in [1.165, 1.54) is 167 Å². The van der Waals surface area contributed by atoms with E-state index in [0.717, 1.165) is 57.8 Å². The molecule has 0 aromatic heterocycles. The lowest BCUT2D eigenvalue weighted by molar-refractivity contribution is -0.161. The number of phosphoric ester groups is 1. The van der Waals surface area contributed by atoms with E-state index in [9.17, 15) is 19.0 Å². The Balaban J connectivity index is 2.36. The van der Waals surface area contributed by atoms with Crippen molar-refractivity contribution in [2.45, 2.75) is 283 Å². The van der Waals surface area contributed by atoms with Crippen molar-refractivity contribution in [1.29, 1.82) is 0 Å². The Hall–Kier alpha value is -1.03. The van der Waals surface area contributed by atoms with E-state index in [1.807, 2.05) is 0 Å². The lowest BCUT2D eigenvalue weighted by atomic mass is 10.0. The highest BCUT2D eigenvalue weighted by atomic mass is 31.2. The Morgan fingerprint density at radius 2 is 0.902 bits per heavy atom. The summed E-state index contributed by atoms with van der Waals surface area (Å²) in [4.78, 5) is 35.9. The Morgan fingerprint density at radius 1 is 0.525 bits per heavy atom. The summed E-state index contributed by atoms with van der Waals surface area (Å²) in [5.74, 6) is -0.817. The molecule has 10 nitrogen and oxygen atoms in total. The summed E-state index contributed by atoms with van der Waals surface area (Å²) in [5, 5.41) is 0. The SMILES string of the molecule is CCCCCCCCCCCCCCCC1OCC(COP(=O)(O)OC[C@@H](COC(=O)CCCCCCCCCCCCC)OC(=O)CCCCCCCCCCCCC)O1. The van der Waals surface area contributed by atoms with Crippen molar-refractivity contribution < 1.29 is 47.0 Å². The van der Waals surface area contributed by atoms with Crippen LogP contribution in [0.5, 0.6) is 0 Å². The number of carbonyl (C=O) groups excluding carboxylic acids is 2. The van der Waals surface area contributed by atoms with Crippen molar-refractivity contribution in [2.75, 3.05) is 26.4 Å². The molecule has 3 unspecified atom stereocenters. The van der Waals surface area contributed by atoms with Crippen LogP contribution in [0.1, 0.15) is 265 Å². The molecule has 1 rings (SSSR count). The summed E-state index contributed by atoms with van der Waals surface area (Å²) in [6.07, 6.45) is 42.3. The van der Waals surface area contributed by atoms with E-state index in [4.69, 9.17) is 28.0 Å². The van der Waals surface area contributed by atoms with Gasteiger partial charge in [-0.05, 0) is 25.7 Å². The molecule has 0 radical (unpaired) electrons. The lowest BCUT2D eigenvalue weighted by Crippen LogP contribution is -2.29. The Kier molecular flexibility index (Phi) is 40.8. The fourth-order valence-electron chi connectivity index (χ4n) is 7.95. The van der Waals surface area contributed by atoms with Gasteiger partial charge in [0.1, 0.15) is 12.7 Å². The maximum atomic E-state index is 12.9. The van der Waals surface area contributed by atoms with Gasteiger partial charge in [-0.25, -0.2) is 4.57 Å². The quantitative estimate of drug-likeness (QED) is 0.0358. The van der Waals surface area contributed by atoms with Crippen molar-refractivity contribution in [3.63, 3.8) is 0 Å².